The highest BCUT2D eigenvalue weighted by atomic mass is 79.9. The summed E-state index contributed by atoms with van der Waals surface area (Å²) in [6.07, 6.45) is 3.61. The quantitative estimate of drug-likeness (QED) is 0.893. The van der Waals surface area contributed by atoms with E-state index >= 15 is 0 Å². The van der Waals surface area contributed by atoms with Gasteiger partial charge in [-0.15, -0.1) is 0 Å². The van der Waals surface area contributed by atoms with Gasteiger partial charge in [-0.1, -0.05) is 0 Å². The van der Waals surface area contributed by atoms with Crippen LogP contribution in [-0.2, 0) is 20.3 Å². The van der Waals surface area contributed by atoms with Crippen LogP contribution in [0.3, 0.4) is 0 Å². The van der Waals surface area contributed by atoms with Gasteiger partial charge in [0.2, 0.25) is 0 Å². The van der Waals surface area contributed by atoms with Crippen molar-refractivity contribution in [1.82, 2.24) is 9.55 Å². The number of aliphatic hydroxyl groups excluding tert-OH is 1. The first-order valence-electron chi connectivity index (χ1n) is 5.29. The highest BCUT2D eigenvalue weighted by Gasteiger charge is 2.10. The minimum Gasteiger partial charge on any atom is -0.483 e. The van der Waals surface area contributed by atoms with Crippen molar-refractivity contribution in [3.8, 4) is 5.75 Å². The first-order chi connectivity index (χ1) is 8.61. The zero-order valence-corrected chi connectivity index (χ0v) is 12.9. The van der Waals surface area contributed by atoms with E-state index in [1.807, 2.05) is 29.9 Å². The third-order valence-corrected chi connectivity index (χ3v) is 3.69. The van der Waals surface area contributed by atoms with Crippen molar-refractivity contribution in [2.45, 2.75) is 13.2 Å². The lowest BCUT2D eigenvalue weighted by Crippen LogP contribution is -2.04. The van der Waals surface area contributed by atoms with E-state index in [4.69, 9.17) is 9.84 Å². The molecule has 0 spiro atoms. The third-order valence-electron chi connectivity index (χ3n) is 2.51. The molecule has 0 aliphatic rings. The van der Waals surface area contributed by atoms with E-state index in [1.165, 1.54) is 0 Å². The van der Waals surface area contributed by atoms with Gasteiger partial charge in [-0.2, -0.15) is 0 Å². The molecule has 1 heterocycles. The molecule has 2 rings (SSSR count). The lowest BCUT2D eigenvalue weighted by Gasteiger charge is -2.11. The van der Waals surface area contributed by atoms with E-state index in [0.717, 1.165) is 20.3 Å². The number of aromatic nitrogens is 2. The number of aliphatic hydroxyl groups is 1. The molecule has 0 bridgehead atoms. The summed E-state index contributed by atoms with van der Waals surface area (Å²) in [5, 5.41) is 9.10. The second-order valence-corrected chi connectivity index (χ2v) is 5.50. The number of ether oxygens (including phenoxy) is 1. The molecule has 0 aliphatic heterocycles. The normalized spacial score (nSPS) is 10.7. The van der Waals surface area contributed by atoms with Gasteiger partial charge in [0.05, 0.1) is 15.6 Å². The van der Waals surface area contributed by atoms with Crippen LogP contribution in [0.5, 0.6) is 5.75 Å². The molecule has 0 radical (unpaired) electrons. The maximum atomic E-state index is 9.10. The van der Waals surface area contributed by atoms with Crippen LogP contribution in [0.2, 0.25) is 0 Å². The summed E-state index contributed by atoms with van der Waals surface area (Å²) in [6.45, 7) is 0.385. The maximum Gasteiger partial charge on any atom is 0.148 e. The van der Waals surface area contributed by atoms with Crippen LogP contribution in [0.15, 0.2) is 33.5 Å². The Morgan fingerprint density at radius 2 is 2.00 bits per heavy atom. The van der Waals surface area contributed by atoms with Crippen molar-refractivity contribution in [3.63, 3.8) is 0 Å². The predicted octanol–water partition coefficient (Wildman–Crippen LogP) is 3.02. The molecular formula is C12H12Br2N2O2. The van der Waals surface area contributed by atoms with Gasteiger partial charge in [-0.3, -0.25) is 0 Å². The van der Waals surface area contributed by atoms with Gasteiger partial charge in [0, 0.05) is 19.4 Å². The van der Waals surface area contributed by atoms with Crippen LogP contribution in [0.25, 0.3) is 0 Å². The smallest absolute Gasteiger partial charge is 0.148 e. The second-order valence-electron chi connectivity index (χ2n) is 3.79. The number of imidazole rings is 1. The summed E-state index contributed by atoms with van der Waals surface area (Å²) in [5.41, 5.74) is 0.818. The molecule has 0 unspecified atom stereocenters. The summed E-state index contributed by atoms with van der Waals surface area (Å²) in [6, 6.07) is 3.66. The SMILES string of the molecule is Cn1ccnc1COc1c(Br)cc(CO)cc1Br. The van der Waals surface area contributed by atoms with Crippen molar-refractivity contribution in [1.29, 1.82) is 0 Å². The first kappa shape index (κ1) is 13.6. The predicted molar refractivity (Wildman–Crippen MR) is 75.3 cm³/mol. The molecule has 0 atom stereocenters. The summed E-state index contributed by atoms with van der Waals surface area (Å²) in [5.74, 6) is 1.55. The molecule has 1 aromatic carbocycles. The van der Waals surface area contributed by atoms with Crippen molar-refractivity contribution in [3.05, 3.63) is 44.9 Å². The molecule has 1 aromatic heterocycles. The molecule has 0 fully saturated rings. The number of hydrogen-bond donors (Lipinski definition) is 1. The van der Waals surface area contributed by atoms with Gasteiger partial charge in [0.1, 0.15) is 18.2 Å². The van der Waals surface area contributed by atoms with Crippen molar-refractivity contribution < 1.29 is 9.84 Å². The zero-order chi connectivity index (χ0) is 13.1. The molecule has 18 heavy (non-hydrogen) atoms. The van der Waals surface area contributed by atoms with Crippen molar-refractivity contribution in [2.75, 3.05) is 0 Å². The largest absolute Gasteiger partial charge is 0.483 e. The highest BCUT2D eigenvalue weighted by Crippen LogP contribution is 2.35. The zero-order valence-electron chi connectivity index (χ0n) is 9.73. The van der Waals surface area contributed by atoms with Crippen LogP contribution < -0.4 is 4.74 Å². The average Bonchev–Trinajstić information content (AvgIpc) is 2.73. The maximum absolute atomic E-state index is 9.10. The average molecular weight is 376 g/mol. The molecule has 1 N–H and O–H groups in total. The Kier molecular flexibility index (Phi) is 4.42. The minimum absolute atomic E-state index is 0.00313. The van der Waals surface area contributed by atoms with Gasteiger partial charge in [0.15, 0.2) is 0 Å². The molecule has 0 saturated carbocycles. The van der Waals surface area contributed by atoms with Gasteiger partial charge < -0.3 is 14.4 Å². The number of rotatable bonds is 4. The van der Waals surface area contributed by atoms with Gasteiger partial charge in [0.25, 0.3) is 0 Å². The minimum atomic E-state index is -0.00313. The molecule has 0 saturated heterocycles. The number of aryl methyl sites for hydroxylation is 1. The van der Waals surface area contributed by atoms with Crippen LogP contribution >= 0.6 is 31.9 Å². The number of nitrogens with zero attached hydrogens (tertiary/aromatic N) is 2. The molecule has 96 valence electrons. The van der Waals surface area contributed by atoms with Crippen molar-refractivity contribution in [2.24, 2.45) is 7.05 Å². The lowest BCUT2D eigenvalue weighted by molar-refractivity contribution is 0.278. The Labute approximate surface area is 122 Å². The van der Waals surface area contributed by atoms with E-state index in [-0.39, 0.29) is 6.61 Å². The van der Waals surface area contributed by atoms with E-state index in [1.54, 1.807) is 6.20 Å². The third kappa shape index (κ3) is 2.93. The number of hydrogen-bond acceptors (Lipinski definition) is 3. The monoisotopic (exact) mass is 374 g/mol. The second kappa shape index (κ2) is 5.86. The van der Waals surface area contributed by atoms with Crippen LogP contribution in [0.1, 0.15) is 11.4 Å². The number of benzene rings is 1. The van der Waals surface area contributed by atoms with E-state index in [2.05, 4.69) is 36.8 Å². The first-order valence-corrected chi connectivity index (χ1v) is 6.88. The molecular weight excluding hydrogens is 364 g/mol. The Balaban J connectivity index is 2.17. The molecule has 0 amide bonds. The van der Waals surface area contributed by atoms with Crippen LogP contribution in [-0.4, -0.2) is 14.7 Å². The van der Waals surface area contributed by atoms with Gasteiger partial charge >= 0.3 is 0 Å². The fraction of sp³-hybridized carbons (Fsp3) is 0.250. The summed E-state index contributed by atoms with van der Waals surface area (Å²) >= 11 is 6.86. The number of halogens is 2. The lowest BCUT2D eigenvalue weighted by atomic mass is 10.2. The van der Waals surface area contributed by atoms with Crippen molar-refractivity contribution >= 4 is 31.9 Å². The molecule has 4 nitrogen and oxygen atoms in total. The fourth-order valence-electron chi connectivity index (χ4n) is 1.51. The Hall–Kier alpha value is -0.850. The Morgan fingerprint density at radius 1 is 1.33 bits per heavy atom. The van der Waals surface area contributed by atoms with Gasteiger partial charge in [-0.25, -0.2) is 4.98 Å². The van der Waals surface area contributed by atoms with Crippen LogP contribution in [0.4, 0.5) is 0 Å². The Bertz CT molecular complexity index is 532. The summed E-state index contributed by atoms with van der Waals surface area (Å²) in [4.78, 5) is 4.19. The summed E-state index contributed by atoms with van der Waals surface area (Å²) < 4.78 is 9.24. The van der Waals surface area contributed by atoms with E-state index in [0.29, 0.717) is 12.4 Å². The summed E-state index contributed by atoms with van der Waals surface area (Å²) in [7, 11) is 1.92. The molecule has 6 heteroatoms. The molecule has 2 aromatic rings. The van der Waals surface area contributed by atoms with Gasteiger partial charge in [-0.05, 0) is 49.6 Å². The highest BCUT2D eigenvalue weighted by molar-refractivity contribution is 9.11. The standard InChI is InChI=1S/C12H12Br2N2O2/c1-16-3-2-15-11(16)7-18-12-9(13)4-8(6-17)5-10(12)14/h2-5,17H,6-7H2,1H3. The molecule has 0 aliphatic carbocycles. The van der Waals surface area contributed by atoms with Crippen LogP contribution in [0, 0.1) is 0 Å². The van der Waals surface area contributed by atoms with E-state index in [9.17, 15) is 0 Å². The van der Waals surface area contributed by atoms with E-state index < -0.39 is 0 Å². The fourth-order valence-corrected chi connectivity index (χ4v) is 3.02. The Morgan fingerprint density at radius 3 is 2.50 bits per heavy atom. The topological polar surface area (TPSA) is 47.3 Å².